The number of hydrogen-bond acceptors (Lipinski definition) is 4. The van der Waals surface area contributed by atoms with Crippen LogP contribution < -0.4 is 19.5 Å². The predicted octanol–water partition coefficient (Wildman–Crippen LogP) is 4.12. The van der Waals surface area contributed by atoms with Crippen LogP contribution in [-0.4, -0.2) is 21.3 Å². The van der Waals surface area contributed by atoms with Crippen molar-refractivity contribution in [1.29, 1.82) is 0 Å². The van der Waals surface area contributed by atoms with Gasteiger partial charge in [0.25, 0.3) is 0 Å². The number of ether oxygens (including phenoxy) is 3. The van der Waals surface area contributed by atoms with Crippen molar-refractivity contribution in [2.75, 3.05) is 26.6 Å². The Morgan fingerprint density at radius 3 is 2.18 bits per heavy atom. The van der Waals surface area contributed by atoms with Gasteiger partial charge in [0.2, 0.25) is 5.75 Å². The van der Waals surface area contributed by atoms with Crippen molar-refractivity contribution in [1.82, 2.24) is 0 Å². The van der Waals surface area contributed by atoms with E-state index in [4.69, 9.17) is 25.8 Å². The number of rotatable bonds is 6. The van der Waals surface area contributed by atoms with E-state index >= 15 is 0 Å². The van der Waals surface area contributed by atoms with Crippen LogP contribution in [0.5, 0.6) is 17.2 Å². The molecule has 0 saturated heterocycles. The number of anilines is 1. The van der Waals surface area contributed by atoms with Gasteiger partial charge < -0.3 is 19.5 Å². The molecular formula is C16H17ClFNO3. The van der Waals surface area contributed by atoms with E-state index in [2.05, 4.69) is 5.32 Å². The number of halogens is 2. The fourth-order valence-electron chi connectivity index (χ4n) is 2.07. The summed E-state index contributed by atoms with van der Waals surface area (Å²) >= 11 is 6.01. The molecule has 2 rings (SSSR count). The first-order chi connectivity index (χ1) is 10.6. The van der Waals surface area contributed by atoms with Gasteiger partial charge in [-0.3, -0.25) is 0 Å². The molecule has 2 aromatic rings. The summed E-state index contributed by atoms with van der Waals surface area (Å²) < 4.78 is 29.6. The van der Waals surface area contributed by atoms with Crippen LogP contribution in [-0.2, 0) is 6.54 Å². The third-order valence-electron chi connectivity index (χ3n) is 3.20. The molecular weight excluding hydrogens is 309 g/mol. The lowest BCUT2D eigenvalue weighted by Crippen LogP contribution is -2.04. The zero-order valence-electron chi connectivity index (χ0n) is 12.6. The summed E-state index contributed by atoms with van der Waals surface area (Å²) in [6, 6.07) is 8.09. The minimum atomic E-state index is -0.354. The molecule has 4 nitrogen and oxygen atoms in total. The molecule has 0 amide bonds. The van der Waals surface area contributed by atoms with E-state index in [1.54, 1.807) is 24.3 Å². The van der Waals surface area contributed by atoms with Crippen LogP contribution in [0.4, 0.5) is 10.1 Å². The molecule has 0 spiro atoms. The number of benzene rings is 2. The van der Waals surface area contributed by atoms with Gasteiger partial charge in [0.05, 0.1) is 21.3 Å². The van der Waals surface area contributed by atoms with Crippen LogP contribution in [0.2, 0.25) is 5.02 Å². The highest BCUT2D eigenvalue weighted by atomic mass is 35.5. The van der Waals surface area contributed by atoms with E-state index in [9.17, 15) is 4.39 Å². The molecule has 6 heteroatoms. The maximum atomic E-state index is 13.8. The molecule has 0 bridgehead atoms. The van der Waals surface area contributed by atoms with Crippen molar-refractivity contribution in [3.8, 4) is 17.2 Å². The van der Waals surface area contributed by atoms with E-state index in [-0.39, 0.29) is 12.4 Å². The van der Waals surface area contributed by atoms with Gasteiger partial charge in [-0.15, -0.1) is 0 Å². The standard InChI is InChI=1S/C16H17ClFNO3/c1-20-14-7-10(8-15(21-2)16(14)22-3)19-9-11-12(17)5-4-6-13(11)18/h4-8,19H,9H2,1-3H3. The molecule has 2 aromatic carbocycles. The molecule has 0 aromatic heterocycles. The van der Waals surface area contributed by atoms with Crippen LogP contribution in [0.15, 0.2) is 30.3 Å². The third-order valence-corrected chi connectivity index (χ3v) is 3.55. The van der Waals surface area contributed by atoms with Gasteiger partial charge in [-0.2, -0.15) is 0 Å². The quantitative estimate of drug-likeness (QED) is 0.867. The van der Waals surface area contributed by atoms with Gasteiger partial charge in [-0.1, -0.05) is 17.7 Å². The van der Waals surface area contributed by atoms with E-state index < -0.39 is 0 Å². The maximum absolute atomic E-state index is 13.8. The summed E-state index contributed by atoms with van der Waals surface area (Å²) in [7, 11) is 4.61. The van der Waals surface area contributed by atoms with Crippen molar-refractivity contribution < 1.29 is 18.6 Å². The Hall–Kier alpha value is -2.14. The Labute approximate surface area is 133 Å². The molecule has 0 saturated carbocycles. The lowest BCUT2D eigenvalue weighted by molar-refractivity contribution is 0.324. The molecule has 0 aliphatic rings. The van der Waals surface area contributed by atoms with Crippen molar-refractivity contribution in [3.63, 3.8) is 0 Å². The molecule has 0 aliphatic heterocycles. The highest BCUT2D eigenvalue weighted by molar-refractivity contribution is 6.31. The summed E-state index contributed by atoms with van der Waals surface area (Å²) in [4.78, 5) is 0. The summed E-state index contributed by atoms with van der Waals surface area (Å²) in [5.74, 6) is 1.18. The number of hydrogen-bond donors (Lipinski definition) is 1. The smallest absolute Gasteiger partial charge is 0.203 e. The maximum Gasteiger partial charge on any atom is 0.203 e. The van der Waals surface area contributed by atoms with Crippen LogP contribution >= 0.6 is 11.6 Å². The number of methoxy groups -OCH3 is 3. The normalized spacial score (nSPS) is 10.2. The first-order valence-corrected chi connectivity index (χ1v) is 6.95. The molecule has 1 N–H and O–H groups in total. The van der Waals surface area contributed by atoms with E-state index in [0.717, 1.165) is 0 Å². The first-order valence-electron chi connectivity index (χ1n) is 6.57. The zero-order valence-corrected chi connectivity index (χ0v) is 13.3. The molecule has 0 unspecified atom stereocenters. The molecule has 0 aliphatic carbocycles. The van der Waals surface area contributed by atoms with Gasteiger partial charge >= 0.3 is 0 Å². The molecule has 0 radical (unpaired) electrons. The lowest BCUT2D eigenvalue weighted by atomic mass is 10.2. The SMILES string of the molecule is COc1cc(NCc2c(F)cccc2Cl)cc(OC)c1OC. The molecule has 0 atom stereocenters. The summed E-state index contributed by atoms with van der Waals surface area (Å²) in [5.41, 5.74) is 1.10. The zero-order chi connectivity index (χ0) is 16.1. The van der Waals surface area contributed by atoms with E-state index in [1.165, 1.54) is 27.4 Å². The predicted molar refractivity (Wildman–Crippen MR) is 84.8 cm³/mol. The third kappa shape index (κ3) is 3.36. The second-order valence-electron chi connectivity index (χ2n) is 4.47. The van der Waals surface area contributed by atoms with Crippen molar-refractivity contribution in [2.24, 2.45) is 0 Å². The summed E-state index contributed by atoms with van der Waals surface area (Å²) in [5, 5.41) is 3.48. The summed E-state index contributed by atoms with van der Waals surface area (Å²) in [6.07, 6.45) is 0. The Balaban J connectivity index is 2.26. The van der Waals surface area contributed by atoms with Crippen LogP contribution in [0.3, 0.4) is 0 Å². The summed E-state index contributed by atoms with van der Waals surface area (Å²) in [6.45, 7) is 0.240. The highest BCUT2D eigenvalue weighted by Crippen LogP contribution is 2.40. The lowest BCUT2D eigenvalue weighted by Gasteiger charge is -2.15. The fourth-order valence-corrected chi connectivity index (χ4v) is 2.30. The molecule has 118 valence electrons. The van der Waals surface area contributed by atoms with Gasteiger partial charge in [0.15, 0.2) is 11.5 Å². The van der Waals surface area contributed by atoms with Gasteiger partial charge in [-0.05, 0) is 12.1 Å². The van der Waals surface area contributed by atoms with Crippen molar-refractivity contribution >= 4 is 17.3 Å². The molecule has 0 heterocycles. The Kier molecular flexibility index (Phi) is 5.33. The fraction of sp³-hybridized carbons (Fsp3) is 0.250. The van der Waals surface area contributed by atoms with Gasteiger partial charge in [0.1, 0.15) is 5.82 Å². The monoisotopic (exact) mass is 325 g/mol. The van der Waals surface area contributed by atoms with Crippen LogP contribution in [0.1, 0.15) is 5.56 Å². The van der Waals surface area contributed by atoms with Crippen molar-refractivity contribution in [3.05, 3.63) is 46.7 Å². The van der Waals surface area contributed by atoms with Crippen LogP contribution in [0.25, 0.3) is 0 Å². The average Bonchev–Trinajstić information content (AvgIpc) is 2.53. The Morgan fingerprint density at radius 2 is 1.68 bits per heavy atom. The second-order valence-corrected chi connectivity index (χ2v) is 4.87. The van der Waals surface area contributed by atoms with E-state index in [0.29, 0.717) is 33.5 Å². The molecule has 22 heavy (non-hydrogen) atoms. The number of nitrogens with one attached hydrogen (secondary N) is 1. The molecule has 0 fully saturated rings. The minimum absolute atomic E-state index is 0.240. The van der Waals surface area contributed by atoms with Gasteiger partial charge in [0, 0.05) is 35.0 Å². The Morgan fingerprint density at radius 1 is 1.05 bits per heavy atom. The van der Waals surface area contributed by atoms with E-state index in [1.807, 2.05) is 0 Å². The second kappa shape index (κ2) is 7.22. The average molecular weight is 326 g/mol. The first kappa shape index (κ1) is 16.2. The largest absolute Gasteiger partial charge is 0.493 e. The van der Waals surface area contributed by atoms with Crippen molar-refractivity contribution in [2.45, 2.75) is 6.54 Å². The van der Waals surface area contributed by atoms with Crippen LogP contribution in [0, 0.1) is 5.82 Å². The highest BCUT2D eigenvalue weighted by Gasteiger charge is 2.14. The Bertz CT molecular complexity index is 619. The topological polar surface area (TPSA) is 39.7 Å². The minimum Gasteiger partial charge on any atom is -0.493 e. The van der Waals surface area contributed by atoms with Gasteiger partial charge in [-0.25, -0.2) is 4.39 Å².